The van der Waals surface area contributed by atoms with Crippen LogP contribution >= 0.6 is 15.9 Å². The second kappa shape index (κ2) is 6.14. The van der Waals surface area contributed by atoms with E-state index in [-0.39, 0.29) is 4.90 Å². The summed E-state index contributed by atoms with van der Waals surface area (Å²) in [5.41, 5.74) is 0. The lowest BCUT2D eigenvalue weighted by Gasteiger charge is -2.23. The van der Waals surface area contributed by atoms with Crippen LogP contribution in [0.5, 0.6) is 11.5 Å². The average Bonchev–Trinajstić information content (AvgIpc) is 2.76. The van der Waals surface area contributed by atoms with Gasteiger partial charge < -0.3 is 9.47 Å². The molecule has 1 fully saturated rings. The highest BCUT2D eigenvalue weighted by Gasteiger charge is 2.29. The highest BCUT2D eigenvalue weighted by molar-refractivity contribution is 9.10. The Morgan fingerprint density at radius 1 is 0.952 bits per heavy atom. The van der Waals surface area contributed by atoms with Crippen molar-refractivity contribution >= 4 is 26.0 Å². The van der Waals surface area contributed by atoms with Crippen LogP contribution in [0, 0.1) is 0 Å². The van der Waals surface area contributed by atoms with Crippen LogP contribution in [0.3, 0.4) is 0 Å². The number of hydrogen-bond acceptors (Lipinski definition) is 4. The van der Waals surface area contributed by atoms with Gasteiger partial charge in [-0.2, -0.15) is 4.31 Å². The molecule has 5 nitrogen and oxygen atoms in total. The number of ether oxygens (including phenoxy) is 2. The van der Waals surface area contributed by atoms with Crippen LogP contribution in [0.4, 0.5) is 0 Å². The predicted octanol–water partition coefficient (Wildman–Crippen LogP) is 2.79. The minimum absolute atomic E-state index is 0.258. The van der Waals surface area contributed by atoms with Crippen molar-refractivity contribution in [3.05, 3.63) is 16.6 Å². The van der Waals surface area contributed by atoms with E-state index in [0.717, 1.165) is 25.7 Å². The second-order valence-electron chi connectivity index (χ2n) is 5.24. The van der Waals surface area contributed by atoms with E-state index in [1.165, 1.54) is 0 Å². The second-order valence-corrected chi connectivity index (χ2v) is 8.01. The van der Waals surface area contributed by atoms with E-state index in [1.807, 2.05) is 0 Å². The third-order valence-electron chi connectivity index (χ3n) is 3.78. The third-order valence-corrected chi connectivity index (χ3v) is 6.64. The summed E-state index contributed by atoms with van der Waals surface area (Å²) in [4.78, 5) is 0.258. The van der Waals surface area contributed by atoms with Gasteiger partial charge in [0.05, 0.1) is 0 Å². The zero-order chi connectivity index (χ0) is 14.9. The maximum absolute atomic E-state index is 12.8. The van der Waals surface area contributed by atoms with Crippen molar-refractivity contribution < 1.29 is 17.9 Å². The fourth-order valence-electron chi connectivity index (χ4n) is 2.66. The van der Waals surface area contributed by atoms with Gasteiger partial charge in [0.15, 0.2) is 11.5 Å². The zero-order valence-corrected chi connectivity index (χ0v) is 14.1. The molecule has 0 spiro atoms. The quantitative estimate of drug-likeness (QED) is 0.797. The van der Waals surface area contributed by atoms with E-state index < -0.39 is 10.0 Å². The molecular formula is C14H18BrNO4S. The molecule has 21 heavy (non-hydrogen) atoms. The van der Waals surface area contributed by atoms with Gasteiger partial charge in [-0.05, 0) is 34.8 Å². The SMILES string of the molecule is O=S(=O)(c1cc2c(cc1Br)OCCO2)N1CCCCCC1. The summed E-state index contributed by atoms with van der Waals surface area (Å²) in [6.45, 7) is 2.10. The summed E-state index contributed by atoms with van der Waals surface area (Å²) >= 11 is 3.36. The third kappa shape index (κ3) is 3.05. The van der Waals surface area contributed by atoms with Gasteiger partial charge in [-0.15, -0.1) is 0 Å². The molecule has 0 radical (unpaired) electrons. The largest absolute Gasteiger partial charge is 0.486 e. The predicted molar refractivity (Wildman–Crippen MR) is 82.4 cm³/mol. The lowest BCUT2D eigenvalue weighted by molar-refractivity contribution is 0.171. The number of benzene rings is 1. The summed E-state index contributed by atoms with van der Waals surface area (Å²) in [5, 5.41) is 0. The number of rotatable bonds is 2. The lowest BCUT2D eigenvalue weighted by Crippen LogP contribution is -2.32. The van der Waals surface area contributed by atoms with Crippen molar-refractivity contribution in [2.24, 2.45) is 0 Å². The van der Waals surface area contributed by atoms with Gasteiger partial charge in [0.2, 0.25) is 10.0 Å². The number of sulfonamides is 1. The molecule has 2 heterocycles. The number of nitrogens with zero attached hydrogens (tertiary/aromatic N) is 1. The molecule has 2 aliphatic heterocycles. The monoisotopic (exact) mass is 375 g/mol. The first-order valence-corrected chi connectivity index (χ1v) is 9.41. The van der Waals surface area contributed by atoms with Crippen molar-refractivity contribution in [1.82, 2.24) is 4.31 Å². The molecule has 0 unspecified atom stereocenters. The molecule has 0 bridgehead atoms. The van der Waals surface area contributed by atoms with Gasteiger partial charge in [-0.1, -0.05) is 12.8 Å². The Bertz CT molecular complexity index is 624. The smallest absolute Gasteiger partial charge is 0.244 e. The minimum Gasteiger partial charge on any atom is -0.486 e. The maximum atomic E-state index is 12.8. The van der Waals surface area contributed by atoms with Crippen molar-refractivity contribution in [2.45, 2.75) is 30.6 Å². The Labute approximate surface area is 133 Å². The van der Waals surface area contributed by atoms with E-state index in [2.05, 4.69) is 15.9 Å². The normalized spacial score (nSPS) is 20.0. The van der Waals surface area contributed by atoms with Crippen LogP contribution in [0.1, 0.15) is 25.7 Å². The maximum Gasteiger partial charge on any atom is 0.244 e. The van der Waals surface area contributed by atoms with Crippen molar-refractivity contribution in [1.29, 1.82) is 0 Å². The molecule has 1 aromatic carbocycles. The van der Waals surface area contributed by atoms with Crippen molar-refractivity contribution in [2.75, 3.05) is 26.3 Å². The number of fused-ring (bicyclic) bond motifs is 1. The molecule has 1 saturated heterocycles. The lowest BCUT2D eigenvalue weighted by atomic mass is 10.2. The first-order chi connectivity index (χ1) is 10.1. The molecule has 0 atom stereocenters. The van der Waals surface area contributed by atoms with Gasteiger partial charge in [0.1, 0.15) is 18.1 Å². The van der Waals surface area contributed by atoms with E-state index in [1.54, 1.807) is 16.4 Å². The molecule has 0 saturated carbocycles. The average molecular weight is 376 g/mol. The molecule has 2 aliphatic rings. The Morgan fingerprint density at radius 2 is 1.52 bits per heavy atom. The van der Waals surface area contributed by atoms with Gasteiger partial charge in [0.25, 0.3) is 0 Å². The van der Waals surface area contributed by atoms with Crippen LogP contribution in [-0.2, 0) is 10.0 Å². The molecule has 7 heteroatoms. The molecule has 0 N–H and O–H groups in total. The standard InChI is InChI=1S/C14H18BrNO4S/c15-11-9-12-13(20-8-7-19-12)10-14(11)21(17,18)16-5-3-1-2-4-6-16/h9-10H,1-8H2. The highest BCUT2D eigenvalue weighted by Crippen LogP contribution is 2.38. The van der Waals surface area contributed by atoms with Crippen LogP contribution in [0.25, 0.3) is 0 Å². The number of hydrogen-bond donors (Lipinski definition) is 0. The Balaban J connectivity index is 1.98. The van der Waals surface area contributed by atoms with Gasteiger partial charge in [-0.25, -0.2) is 8.42 Å². The van der Waals surface area contributed by atoms with Crippen LogP contribution in [0.2, 0.25) is 0 Å². The minimum atomic E-state index is -3.50. The van der Waals surface area contributed by atoms with Gasteiger partial charge in [0, 0.05) is 23.6 Å². The highest BCUT2D eigenvalue weighted by atomic mass is 79.9. The van der Waals surface area contributed by atoms with E-state index in [0.29, 0.717) is 42.3 Å². The van der Waals surface area contributed by atoms with Gasteiger partial charge in [-0.3, -0.25) is 0 Å². The van der Waals surface area contributed by atoms with E-state index in [9.17, 15) is 8.42 Å². The first kappa shape index (κ1) is 15.1. The fourth-order valence-corrected chi connectivity index (χ4v) is 5.18. The molecular weight excluding hydrogens is 358 g/mol. The summed E-state index contributed by atoms with van der Waals surface area (Å²) in [7, 11) is -3.50. The van der Waals surface area contributed by atoms with Crippen molar-refractivity contribution in [3.63, 3.8) is 0 Å². The summed E-state index contributed by atoms with van der Waals surface area (Å²) in [5.74, 6) is 1.08. The molecule has 0 aliphatic carbocycles. The topological polar surface area (TPSA) is 55.8 Å². The summed E-state index contributed by atoms with van der Waals surface area (Å²) in [6, 6.07) is 3.25. The van der Waals surface area contributed by atoms with Gasteiger partial charge >= 0.3 is 0 Å². The molecule has 0 amide bonds. The molecule has 0 aromatic heterocycles. The Morgan fingerprint density at radius 3 is 2.14 bits per heavy atom. The molecule has 116 valence electrons. The summed E-state index contributed by atoms with van der Waals surface area (Å²) < 4.78 is 38.8. The summed E-state index contributed by atoms with van der Waals surface area (Å²) in [6.07, 6.45) is 4.02. The number of halogens is 1. The zero-order valence-electron chi connectivity index (χ0n) is 11.7. The fraction of sp³-hybridized carbons (Fsp3) is 0.571. The Kier molecular flexibility index (Phi) is 4.42. The molecule has 3 rings (SSSR count). The molecule has 1 aromatic rings. The Hall–Kier alpha value is -0.790. The first-order valence-electron chi connectivity index (χ1n) is 7.18. The van der Waals surface area contributed by atoms with Crippen LogP contribution < -0.4 is 9.47 Å². The van der Waals surface area contributed by atoms with Crippen molar-refractivity contribution in [3.8, 4) is 11.5 Å². The van der Waals surface area contributed by atoms with E-state index >= 15 is 0 Å². The van der Waals surface area contributed by atoms with Crippen LogP contribution in [0.15, 0.2) is 21.5 Å². The van der Waals surface area contributed by atoms with Crippen LogP contribution in [-0.4, -0.2) is 39.0 Å². The van der Waals surface area contributed by atoms with E-state index in [4.69, 9.17) is 9.47 Å².